The first kappa shape index (κ1) is 10.8. The van der Waals surface area contributed by atoms with Gasteiger partial charge in [0.25, 0.3) is 0 Å². The quantitative estimate of drug-likeness (QED) is 0.879. The summed E-state index contributed by atoms with van der Waals surface area (Å²) in [6.07, 6.45) is 0. The molecule has 2 aromatic rings. The Hall–Kier alpha value is -1.32. The van der Waals surface area contributed by atoms with E-state index < -0.39 is 0 Å². The number of likely N-dealkylation sites (tertiary alicyclic amines) is 1. The van der Waals surface area contributed by atoms with E-state index in [2.05, 4.69) is 30.0 Å². The first-order chi connectivity index (χ1) is 8.24. The maximum atomic E-state index is 8.96. The zero-order valence-electron chi connectivity index (χ0n) is 10.0. The van der Waals surface area contributed by atoms with Gasteiger partial charge in [0.05, 0.1) is 6.54 Å². The van der Waals surface area contributed by atoms with Gasteiger partial charge in [-0.3, -0.25) is 4.90 Å². The molecule has 90 valence electrons. The van der Waals surface area contributed by atoms with Crippen molar-refractivity contribution in [2.45, 2.75) is 13.5 Å². The molecule has 1 fully saturated rings. The number of aliphatic hydroxyl groups excluding tert-OH is 1. The summed E-state index contributed by atoms with van der Waals surface area (Å²) in [5.74, 6) is 1.48. The minimum atomic E-state index is 0.301. The molecular formula is C14H17NO2. The Kier molecular flexibility index (Phi) is 2.65. The highest BCUT2D eigenvalue weighted by Gasteiger charge is 2.26. The summed E-state index contributed by atoms with van der Waals surface area (Å²) < 4.78 is 5.79. The first-order valence-corrected chi connectivity index (χ1v) is 6.07. The molecule has 0 amide bonds. The zero-order chi connectivity index (χ0) is 11.8. The van der Waals surface area contributed by atoms with Gasteiger partial charge in [0, 0.05) is 31.0 Å². The molecule has 0 radical (unpaired) electrons. The third-order valence-corrected chi connectivity index (χ3v) is 3.39. The van der Waals surface area contributed by atoms with E-state index in [0.29, 0.717) is 12.5 Å². The van der Waals surface area contributed by atoms with E-state index in [9.17, 15) is 0 Å². The predicted octanol–water partition coefficient (Wildman–Crippen LogP) is 2.17. The second-order valence-electron chi connectivity index (χ2n) is 5.00. The predicted molar refractivity (Wildman–Crippen MR) is 66.8 cm³/mol. The van der Waals surface area contributed by atoms with Gasteiger partial charge in [-0.05, 0) is 25.1 Å². The average Bonchev–Trinajstić information content (AvgIpc) is 2.64. The molecular weight excluding hydrogens is 214 g/mol. The summed E-state index contributed by atoms with van der Waals surface area (Å²) in [6.45, 7) is 5.20. The lowest BCUT2D eigenvalue weighted by Crippen LogP contribution is -2.47. The fourth-order valence-corrected chi connectivity index (χ4v) is 2.44. The van der Waals surface area contributed by atoms with Crippen molar-refractivity contribution in [3.05, 3.63) is 35.6 Å². The van der Waals surface area contributed by atoms with Crippen LogP contribution < -0.4 is 0 Å². The van der Waals surface area contributed by atoms with Crippen LogP contribution in [0.15, 0.2) is 28.7 Å². The van der Waals surface area contributed by atoms with Gasteiger partial charge in [-0.25, -0.2) is 0 Å². The molecule has 1 saturated heterocycles. The van der Waals surface area contributed by atoms with Crippen LogP contribution in [0.1, 0.15) is 11.3 Å². The zero-order valence-corrected chi connectivity index (χ0v) is 10.0. The van der Waals surface area contributed by atoms with Crippen LogP contribution in [-0.4, -0.2) is 29.7 Å². The monoisotopic (exact) mass is 231 g/mol. The fourth-order valence-electron chi connectivity index (χ4n) is 2.44. The van der Waals surface area contributed by atoms with E-state index in [4.69, 9.17) is 9.52 Å². The highest BCUT2D eigenvalue weighted by molar-refractivity contribution is 5.78. The molecule has 3 nitrogen and oxygen atoms in total. The van der Waals surface area contributed by atoms with Gasteiger partial charge in [-0.15, -0.1) is 0 Å². The van der Waals surface area contributed by atoms with Crippen molar-refractivity contribution in [1.82, 2.24) is 4.90 Å². The molecule has 0 saturated carbocycles. The number of hydrogen-bond acceptors (Lipinski definition) is 3. The number of nitrogens with zero attached hydrogens (tertiary/aromatic N) is 1. The van der Waals surface area contributed by atoms with Crippen LogP contribution in [0.2, 0.25) is 0 Å². The highest BCUT2D eigenvalue weighted by Crippen LogP contribution is 2.24. The van der Waals surface area contributed by atoms with Gasteiger partial charge in [0.2, 0.25) is 0 Å². The molecule has 0 aliphatic carbocycles. The van der Waals surface area contributed by atoms with Gasteiger partial charge in [0.1, 0.15) is 11.3 Å². The topological polar surface area (TPSA) is 36.6 Å². The van der Waals surface area contributed by atoms with E-state index in [0.717, 1.165) is 31.0 Å². The summed E-state index contributed by atoms with van der Waals surface area (Å²) in [5, 5.41) is 10.1. The lowest BCUT2D eigenvalue weighted by Gasteiger charge is -2.37. The molecule has 0 spiro atoms. The SMILES string of the molecule is Cc1ccc2oc(CN3CC(CO)C3)cc2c1. The Labute approximate surface area is 101 Å². The molecule has 1 aliphatic heterocycles. The van der Waals surface area contributed by atoms with Crippen LogP contribution in [0, 0.1) is 12.8 Å². The number of rotatable bonds is 3. The molecule has 3 rings (SSSR count). The number of furan rings is 1. The van der Waals surface area contributed by atoms with E-state index in [1.807, 2.05) is 6.07 Å². The van der Waals surface area contributed by atoms with Crippen molar-refractivity contribution in [3.63, 3.8) is 0 Å². The second-order valence-corrected chi connectivity index (χ2v) is 5.00. The van der Waals surface area contributed by atoms with Crippen LogP contribution in [0.5, 0.6) is 0 Å². The molecule has 0 atom stereocenters. The summed E-state index contributed by atoms with van der Waals surface area (Å²) in [4.78, 5) is 2.30. The Morgan fingerprint density at radius 3 is 2.94 bits per heavy atom. The normalized spacial score (nSPS) is 17.5. The van der Waals surface area contributed by atoms with E-state index in [-0.39, 0.29) is 0 Å². The van der Waals surface area contributed by atoms with Gasteiger partial charge >= 0.3 is 0 Å². The van der Waals surface area contributed by atoms with Gasteiger partial charge in [-0.2, -0.15) is 0 Å². The maximum Gasteiger partial charge on any atom is 0.134 e. The lowest BCUT2D eigenvalue weighted by molar-refractivity contribution is 0.0433. The molecule has 17 heavy (non-hydrogen) atoms. The van der Waals surface area contributed by atoms with Gasteiger partial charge < -0.3 is 9.52 Å². The summed E-state index contributed by atoms with van der Waals surface area (Å²) in [7, 11) is 0. The lowest BCUT2D eigenvalue weighted by atomic mass is 10.0. The average molecular weight is 231 g/mol. The minimum Gasteiger partial charge on any atom is -0.460 e. The standard InChI is InChI=1S/C14H17NO2/c1-10-2-3-14-12(4-10)5-13(17-14)8-15-6-11(7-15)9-16/h2-5,11,16H,6-9H2,1H3. The Balaban J connectivity index is 1.73. The van der Waals surface area contributed by atoms with Gasteiger partial charge in [-0.1, -0.05) is 11.6 Å². The first-order valence-electron chi connectivity index (χ1n) is 6.07. The summed E-state index contributed by atoms with van der Waals surface area (Å²) >= 11 is 0. The molecule has 0 unspecified atom stereocenters. The van der Waals surface area contributed by atoms with Crippen molar-refractivity contribution in [3.8, 4) is 0 Å². The van der Waals surface area contributed by atoms with E-state index in [1.54, 1.807) is 0 Å². The molecule has 2 heterocycles. The number of aryl methyl sites for hydroxylation is 1. The minimum absolute atomic E-state index is 0.301. The van der Waals surface area contributed by atoms with Crippen LogP contribution in [0.4, 0.5) is 0 Å². The smallest absolute Gasteiger partial charge is 0.134 e. The van der Waals surface area contributed by atoms with E-state index in [1.165, 1.54) is 10.9 Å². The van der Waals surface area contributed by atoms with Crippen LogP contribution in [0.25, 0.3) is 11.0 Å². The van der Waals surface area contributed by atoms with Crippen molar-refractivity contribution in [2.75, 3.05) is 19.7 Å². The largest absolute Gasteiger partial charge is 0.460 e. The molecule has 3 heteroatoms. The third kappa shape index (κ3) is 2.08. The number of fused-ring (bicyclic) bond motifs is 1. The second kappa shape index (κ2) is 4.17. The van der Waals surface area contributed by atoms with Crippen LogP contribution in [0.3, 0.4) is 0 Å². The molecule has 1 aliphatic rings. The summed E-state index contributed by atoms with van der Waals surface area (Å²) in [6, 6.07) is 8.37. The van der Waals surface area contributed by atoms with Crippen molar-refractivity contribution >= 4 is 11.0 Å². The Morgan fingerprint density at radius 1 is 1.35 bits per heavy atom. The van der Waals surface area contributed by atoms with Crippen molar-refractivity contribution in [1.29, 1.82) is 0 Å². The molecule has 1 N–H and O–H groups in total. The Bertz CT molecular complexity index is 526. The van der Waals surface area contributed by atoms with Crippen LogP contribution in [-0.2, 0) is 6.54 Å². The van der Waals surface area contributed by atoms with Crippen molar-refractivity contribution < 1.29 is 9.52 Å². The number of hydrogen-bond donors (Lipinski definition) is 1. The summed E-state index contributed by atoms with van der Waals surface area (Å²) in [5.41, 5.74) is 2.22. The van der Waals surface area contributed by atoms with E-state index >= 15 is 0 Å². The Morgan fingerprint density at radius 2 is 2.18 bits per heavy atom. The van der Waals surface area contributed by atoms with Gasteiger partial charge in [0.15, 0.2) is 0 Å². The molecule has 1 aromatic heterocycles. The maximum absolute atomic E-state index is 8.96. The number of benzene rings is 1. The number of aliphatic hydroxyl groups is 1. The highest BCUT2D eigenvalue weighted by atomic mass is 16.3. The van der Waals surface area contributed by atoms with Crippen molar-refractivity contribution in [2.24, 2.45) is 5.92 Å². The fraction of sp³-hybridized carbons (Fsp3) is 0.429. The molecule has 0 bridgehead atoms. The van der Waals surface area contributed by atoms with Crippen LogP contribution >= 0.6 is 0 Å². The molecule has 1 aromatic carbocycles. The third-order valence-electron chi connectivity index (χ3n) is 3.39.